The average molecular weight is 149 g/mol. The van der Waals surface area contributed by atoms with Crippen molar-refractivity contribution in [3.05, 3.63) is 24.5 Å². The minimum absolute atomic E-state index is 0. The molecule has 1 aromatic heterocycles. The number of carbonyl (C=O) groups excluding carboxylic acids is 1. The topological polar surface area (TPSA) is 31.2 Å². The fourth-order valence-corrected chi connectivity index (χ4v) is 0.528. The van der Waals surface area contributed by atoms with Crippen LogP contribution in [0.4, 0.5) is 0 Å². The molecule has 4 heteroatoms. The molecule has 0 fully saturated rings. The molecule has 0 atom stereocenters. The SMILES string of the molecule is CC(=O)On1cccc1.[NaH]. The van der Waals surface area contributed by atoms with E-state index in [9.17, 15) is 4.79 Å². The molecule has 0 N–H and O–H groups in total. The van der Waals surface area contributed by atoms with Crippen LogP contribution in [0, 0.1) is 0 Å². The van der Waals surface area contributed by atoms with Crippen molar-refractivity contribution in [1.82, 2.24) is 4.73 Å². The van der Waals surface area contributed by atoms with Crippen LogP contribution in [0.2, 0.25) is 0 Å². The molecule has 1 aromatic rings. The van der Waals surface area contributed by atoms with Gasteiger partial charge in [-0.1, -0.05) is 0 Å². The fourth-order valence-electron chi connectivity index (χ4n) is 0.528. The Hall–Kier alpha value is -0.250. The molecule has 0 bridgehead atoms. The van der Waals surface area contributed by atoms with E-state index >= 15 is 0 Å². The first-order chi connectivity index (χ1) is 4.29. The first-order valence-corrected chi connectivity index (χ1v) is 2.61. The molecular formula is C6H8NNaO2. The van der Waals surface area contributed by atoms with Gasteiger partial charge in [0.05, 0.1) is 0 Å². The van der Waals surface area contributed by atoms with Crippen molar-refractivity contribution in [2.75, 3.05) is 0 Å². The molecule has 0 radical (unpaired) electrons. The van der Waals surface area contributed by atoms with E-state index in [0.29, 0.717) is 0 Å². The molecule has 0 saturated heterocycles. The molecule has 0 saturated carbocycles. The number of hydrogen-bond donors (Lipinski definition) is 0. The molecule has 10 heavy (non-hydrogen) atoms. The standard InChI is InChI=1S/C6H7NO2.Na.H/c1-6(8)9-7-4-2-3-5-7;;/h2-5H,1H3;;. The zero-order valence-corrected chi connectivity index (χ0v) is 5.07. The summed E-state index contributed by atoms with van der Waals surface area (Å²) < 4.78 is 1.35. The molecule has 50 valence electrons. The van der Waals surface area contributed by atoms with Gasteiger partial charge in [-0.3, -0.25) is 0 Å². The van der Waals surface area contributed by atoms with E-state index < -0.39 is 0 Å². The Balaban J connectivity index is 0.000000810. The second-order valence-electron chi connectivity index (χ2n) is 1.63. The molecule has 0 spiro atoms. The van der Waals surface area contributed by atoms with Gasteiger partial charge < -0.3 is 4.84 Å². The van der Waals surface area contributed by atoms with Gasteiger partial charge in [-0.2, -0.15) is 4.73 Å². The number of nitrogens with zero attached hydrogens (tertiary/aromatic N) is 1. The maximum atomic E-state index is 10.3. The van der Waals surface area contributed by atoms with E-state index in [0.717, 1.165) is 0 Å². The Labute approximate surface area is 81.2 Å². The summed E-state index contributed by atoms with van der Waals surface area (Å²) in [5.41, 5.74) is 0. The van der Waals surface area contributed by atoms with Gasteiger partial charge in [0, 0.05) is 19.3 Å². The molecule has 0 aromatic carbocycles. The van der Waals surface area contributed by atoms with E-state index in [4.69, 9.17) is 0 Å². The Kier molecular flexibility index (Phi) is 4.43. The number of rotatable bonds is 1. The third-order valence-corrected chi connectivity index (χ3v) is 0.811. The third-order valence-electron chi connectivity index (χ3n) is 0.811. The molecule has 1 rings (SSSR count). The van der Waals surface area contributed by atoms with Gasteiger partial charge >= 0.3 is 35.5 Å². The van der Waals surface area contributed by atoms with Crippen LogP contribution < -0.4 is 4.84 Å². The molecule has 0 aliphatic heterocycles. The summed E-state index contributed by atoms with van der Waals surface area (Å²) in [7, 11) is 0. The van der Waals surface area contributed by atoms with Crippen molar-refractivity contribution >= 4 is 35.5 Å². The maximum absolute atomic E-state index is 10.3. The van der Waals surface area contributed by atoms with Crippen LogP contribution in [-0.4, -0.2) is 40.3 Å². The fraction of sp³-hybridized carbons (Fsp3) is 0.167. The summed E-state index contributed by atoms with van der Waals surface area (Å²) >= 11 is 0. The summed E-state index contributed by atoms with van der Waals surface area (Å²) in [5, 5.41) is 0. The molecule has 0 aliphatic carbocycles. The summed E-state index contributed by atoms with van der Waals surface area (Å²) in [6.45, 7) is 1.36. The van der Waals surface area contributed by atoms with Crippen LogP contribution in [0.15, 0.2) is 24.5 Å². The summed E-state index contributed by atoms with van der Waals surface area (Å²) in [6.07, 6.45) is 3.31. The third kappa shape index (κ3) is 3.06. The van der Waals surface area contributed by atoms with Crippen LogP contribution >= 0.6 is 0 Å². The van der Waals surface area contributed by atoms with Gasteiger partial charge in [0.1, 0.15) is 0 Å². The average Bonchev–Trinajstić information content (AvgIpc) is 2.15. The predicted molar refractivity (Wildman–Crippen MR) is 38.8 cm³/mol. The van der Waals surface area contributed by atoms with Gasteiger partial charge in [0.25, 0.3) is 0 Å². The van der Waals surface area contributed by atoms with Crippen LogP contribution in [-0.2, 0) is 4.79 Å². The molecule has 0 aliphatic rings. The van der Waals surface area contributed by atoms with E-state index in [1.54, 1.807) is 24.5 Å². The first-order valence-electron chi connectivity index (χ1n) is 2.61. The van der Waals surface area contributed by atoms with Gasteiger partial charge in [0.2, 0.25) is 0 Å². The molecule has 1 heterocycles. The van der Waals surface area contributed by atoms with E-state index in [1.807, 2.05) is 0 Å². The van der Waals surface area contributed by atoms with Crippen molar-refractivity contribution in [3.8, 4) is 0 Å². The van der Waals surface area contributed by atoms with Crippen molar-refractivity contribution in [3.63, 3.8) is 0 Å². The van der Waals surface area contributed by atoms with Gasteiger partial charge in [0.15, 0.2) is 0 Å². The van der Waals surface area contributed by atoms with E-state index in [1.165, 1.54) is 11.7 Å². The molecule has 3 nitrogen and oxygen atoms in total. The summed E-state index contributed by atoms with van der Waals surface area (Å²) in [6, 6.07) is 3.56. The van der Waals surface area contributed by atoms with E-state index in [-0.39, 0.29) is 35.5 Å². The minimum atomic E-state index is -0.314. The van der Waals surface area contributed by atoms with Gasteiger partial charge in [-0.05, 0) is 12.1 Å². The first kappa shape index (κ1) is 9.75. The Morgan fingerprint density at radius 2 is 1.90 bits per heavy atom. The van der Waals surface area contributed by atoms with Crippen molar-refractivity contribution in [1.29, 1.82) is 0 Å². The second kappa shape index (κ2) is 4.55. The van der Waals surface area contributed by atoms with Gasteiger partial charge in [-0.25, -0.2) is 4.79 Å². The van der Waals surface area contributed by atoms with Crippen molar-refractivity contribution < 1.29 is 9.63 Å². The van der Waals surface area contributed by atoms with Crippen LogP contribution in [0.5, 0.6) is 0 Å². The van der Waals surface area contributed by atoms with Crippen LogP contribution in [0.3, 0.4) is 0 Å². The Bertz CT molecular complexity index is 196. The molecular weight excluding hydrogens is 141 g/mol. The predicted octanol–water partition coefficient (Wildman–Crippen LogP) is -0.185. The number of hydrogen-bond acceptors (Lipinski definition) is 2. The van der Waals surface area contributed by atoms with E-state index in [2.05, 4.69) is 4.84 Å². The van der Waals surface area contributed by atoms with Crippen LogP contribution in [0.25, 0.3) is 0 Å². The zero-order chi connectivity index (χ0) is 6.69. The number of carbonyl (C=O) groups is 1. The number of aromatic nitrogens is 1. The summed E-state index contributed by atoms with van der Waals surface area (Å²) in [4.78, 5) is 14.9. The zero-order valence-electron chi connectivity index (χ0n) is 5.07. The van der Waals surface area contributed by atoms with Crippen LogP contribution in [0.1, 0.15) is 6.92 Å². The van der Waals surface area contributed by atoms with Crippen molar-refractivity contribution in [2.45, 2.75) is 6.92 Å². The van der Waals surface area contributed by atoms with Gasteiger partial charge in [-0.15, -0.1) is 0 Å². The second-order valence-corrected chi connectivity index (χ2v) is 1.63. The normalized spacial score (nSPS) is 8.10. The quantitative estimate of drug-likeness (QED) is 0.518. The molecule has 0 unspecified atom stereocenters. The van der Waals surface area contributed by atoms with Crippen molar-refractivity contribution in [2.24, 2.45) is 0 Å². The Morgan fingerprint density at radius 1 is 1.40 bits per heavy atom. The Morgan fingerprint density at radius 3 is 2.30 bits per heavy atom. The monoisotopic (exact) mass is 149 g/mol. The summed E-state index contributed by atoms with van der Waals surface area (Å²) in [5.74, 6) is -0.314. The molecule has 0 amide bonds.